The van der Waals surface area contributed by atoms with Crippen LogP contribution in [0.4, 0.5) is 0 Å². The number of hydrogen-bond donors (Lipinski definition) is 2. The Hall–Kier alpha value is -1.80. The largest absolute Gasteiger partial charge is 0.356 e. The molecule has 0 aliphatic rings. The van der Waals surface area contributed by atoms with Crippen molar-refractivity contribution in [2.75, 3.05) is 13.6 Å². The van der Waals surface area contributed by atoms with Gasteiger partial charge in [0, 0.05) is 31.7 Å². The maximum atomic E-state index is 6.02. The molecule has 0 radical (unpaired) electrons. The lowest BCUT2D eigenvalue weighted by Gasteiger charge is -2.13. The Bertz CT molecular complexity index is 906. The fourth-order valence-corrected chi connectivity index (χ4v) is 3.19. The maximum Gasteiger partial charge on any atom is 0.191 e. The average Bonchev–Trinajstić information content (AvgIpc) is 2.96. The van der Waals surface area contributed by atoms with Crippen LogP contribution in [0.1, 0.15) is 17.8 Å². The number of rotatable bonds is 6. The van der Waals surface area contributed by atoms with Gasteiger partial charge in [0.25, 0.3) is 0 Å². The summed E-state index contributed by atoms with van der Waals surface area (Å²) in [5.41, 5.74) is 3.37. The predicted octanol–water partition coefficient (Wildman–Crippen LogP) is 4.37. The molecule has 2 aromatic carbocycles. The van der Waals surface area contributed by atoms with Gasteiger partial charge >= 0.3 is 0 Å². The molecule has 0 atom stereocenters. The number of hydrogen-bond acceptors (Lipinski definition) is 2. The van der Waals surface area contributed by atoms with Gasteiger partial charge in [-0.1, -0.05) is 35.9 Å². The number of para-hydroxylation sites is 2. The van der Waals surface area contributed by atoms with Crippen molar-refractivity contribution in [1.82, 2.24) is 20.2 Å². The van der Waals surface area contributed by atoms with Crippen molar-refractivity contribution >= 4 is 52.6 Å². The van der Waals surface area contributed by atoms with Crippen molar-refractivity contribution < 1.29 is 0 Å². The SMILES string of the molecule is CN=C(NCCCn1c(C)nc2ccccc21)NCc1cccc(Cl)c1.I. The zero-order chi connectivity index (χ0) is 18.4. The number of halogens is 2. The predicted molar refractivity (Wildman–Crippen MR) is 124 cm³/mol. The van der Waals surface area contributed by atoms with Gasteiger partial charge in [-0.2, -0.15) is 0 Å². The Morgan fingerprint density at radius 3 is 2.74 bits per heavy atom. The Kier molecular flexibility index (Phi) is 8.37. The van der Waals surface area contributed by atoms with E-state index in [4.69, 9.17) is 11.6 Å². The quantitative estimate of drug-likeness (QED) is 0.230. The summed E-state index contributed by atoms with van der Waals surface area (Å²) in [6.45, 7) is 4.50. The summed E-state index contributed by atoms with van der Waals surface area (Å²) in [5.74, 6) is 1.84. The molecule has 2 N–H and O–H groups in total. The van der Waals surface area contributed by atoms with Gasteiger partial charge in [0.2, 0.25) is 0 Å². The Labute approximate surface area is 182 Å². The zero-order valence-corrected chi connectivity index (χ0v) is 18.7. The zero-order valence-electron chi connectivity index (χ0n) is 15.6. The second-order valence-electron chi connectivity index (χ2n) is 6.14. The van der Waals surface area contributed by atoms with Crippen LogP contribution in [0.2, 0.25) is 5.02 Å². The molecule has 0 aliphatic heterocycles. The molecule has 7 heteroatoms. The minimum atomic E-state index is 0. The first-order chi connectivity index (χ1) is 12.7. The molecule has 3 rings (SSSR count). The molecule has 5 nitrogen and oxygen atoms in total. The van der Waals surface area contributed by atoms with Crippen molar-refractivity contribution in [3.8, 4) is 0 Å². The van der Waals surface area contributed by atoms with Crippen LogP contribution in [-0.4, -0.2) is 29.1 Å². The first-order valence-corrected chi connectivity index (χ1v) is 9.16. The highest BCUT2D eigenvalue weighted by Crippen LogP contribution is 2.15. The van der Waals surface area contributed by atoms with E-state index in [1.807, 2.05) is 30.3 Å². The van der Waals surface area contributed by atoms with Gasteiger partial charge < -0.3 is 15.2 Å². The molecule has 0 aliphatic carbocycles. The molecule has 0 unspecified atom stereocenters. The van der Waals surface area contributed by atoms with Crippen LogP contribution in [0.3, 0.4) is 0 Å². The van der Waals surface area contributed by atoms with Crippen molar-refractivity contribution in [2.45, 2.75) is 26.4 Å². The number of imidazole rings is 1. The van der Waals surface area contributed by atoms with Crippen LogP contribution in [0, 0.1) is 6.92 Å². The van der Waals surface area contributed by atoms with E-state index < -0.39 is 0 Å². The molecule has 0 amide bonds. The van der Waals surface area contributed by atoms with Gasteiger partial charge in [0.15, 0.2) is 5.96 Å². The molecule has 1 aromatic heterocycles. The van der Waals surface area contributed by atoms with Crippen LogP contribution < -0.4 is 10.6 Å². The Balaban J connectivity index is 0.00000261. The van der Waals surface area contributed by atoms with Gasteiger partial charge in [-0.25, -0.2) is 4.98 Å². The monoisotopic (exact) mass is 497 g/mol. The first kappa shape index (κ1) is 21.5. The lowest BCUT2D eigenvalue weighted by molar-refractivity contribution is 0.624. The molecular weight excluding hydrogens is 473 g/mol. The molecule has 144 valence electrons. The third-order valence-electron chi connectivity index (χ3n) is 4.27. The summed E-state index contributed by atoms with van der Waals surface area (Å²) in [5, 5.41) is 7.41. The second kappa shape index (κ2) is 10.5. The number of benzene rings is 2. The first-order valence-electron chi connectivity index (χ1n) is 8.78. The van der Waals surface area contributed by atoms with E-state index in [0.717, 1.165) is 47.4 Å². The lowest BCUT2D eigenvalue weighted by atomic mass is 10.2. The van der Waals surface area contributed by atoms with Gasteiger partial charge in [-0.3, -0.25) is 4.99 Å². The topological polar surface area (TPSA) is 54.2 Å². The van der Waals surface area contributed by atoms with Crippen molar-refractivity contribution in [3.05, 3.63) is 64.9 Å². The Morgan fingerprint density at radius 2 is 1.96 bits per heavy atom. The van der Waals surface area contributed by atoms with E-state index in [-0.39, 0.29) is 24.0 Å². The number of guanidine groups is 1. The summed E-state index contributed by atoms with van der Waals surface area (Å²) in [4.78, 5) is 8.88. The van der Waals surface area contributed by atoms with E-state index in [1.54, 1.807) is 7.05 Å². The molecule has 0 fully saturated rings. The molecule has 0 spiro atoms. The van der Waals surface area contributed by atoms with Gasteiger partial charge in [0.1, 0.15) is 5.82 Å². The minimum absolute atomic E-state index is 0. The number of aliphatic imine (C=N–C) groups is 1. The number of nitrogens with one attached hydrogen (secondary N) is 2. The normalized spacial score (nSPS) is 11.3. The smallest absolute Gasteiger partial charge is 0.191 e. The summed E-state index contributed by atoms with van der Waals surface area (Å²) < 4.78 is 2.26. The number of nitrogens with zero attached hydrogens (tertiary/aromatic N) is 3. The second-order valence-corrected chi connectivity index (χ2v) is 6.57. The highest BCUT2D eigenvalue weighted by molar-refractivity contribution is 14.0. The standard InChI is InChI=1S/C20H24ClN5.HI/c1-15-25-18-9-3-4-10-19(18)26(15)12-6-11-23-20(22-2)24-14-16-7-5-8-17(21)13-16;/h3-5,7-10,13H,6,11-12,14H2,1-2H3,(H2,22,23,24);1H. The van der Waals surface area contributed by atoms with Crippen LogP contribution in [0.15, 0.2) is 53.5 Å². The average molecular weight is 498 g/mol. The summed E-state index contributed by atoms with van der Waals surface area (Å²) >= 11 is 6.02. The highest BCUT2D eigenvalue weighted by Gasteiger charge is 2.06. The molecular formula is C20H25ClIN5. The van der Waals surface area contributed by atoms with Crippen LogP contribution in [-0.2, 0) is 13.1 Å². The third kappa shape index (κ3) is 5.84. The minimum Gasteiger partial charge on any atom is -0.356 e. The number of aromatic nitrogens is 2. The molecule has 1 heterocycles. The van der Waals surface area contributed by atoms with E-state index in [0.29, 0.717) is 6.54 Å². The van der Waals surface area contributed by atoms with E-state index in [2.05, 4.69) is 50.3 Å². The molecule has 3 aromatic rings. The lowest BCUT2D eigenvalue weighted by Crippen LogP contribution is -2.37. The van der Waals surface area contributed by atoms with Crippen LogP contribution >= 0.6 is 35.6 Å². The Morgan fingerprint density at radius 1 is 1.15 bits per heavy atom. The molecule has 0 saturated heterocycles. The van der Waals surface area contributed by atoms with Crippen molar-refractivity contribution in [2.24, 2.45) is 4.99 Å². The van der Waals surface area contributed by atoms with E-state index in [9.17, 15) is 0 Å². The van der Waals surface area contributed by atoms with Crippen LogP contribution in [0.5, 0.6) is 0 Å². The van der Waals surface area contributed by atoms with Crippen molar-refractivity contribution in [1.29, 1.82) is 0 Å². The fourth-order valence-electron chi connectivity index (χ4n) is 2.98. The fraction of sp³-hybridized carbons (Fsp3) is 0.300. The van der Waals surface area contributed by atoms with E-state index >= 15 is 0 Å². The van der Waals surface area contributed by atoms with Gasteiger partial charge in [-0.05, 0) is 43.2 Å². The van der Waals surface area contributed by atoms with Gasteiger partial charge in [0.05, 0.1) is 11.0 Å². The summed E-state index contributed by atoms with van der Waals surface area (Å²) in [6.07, 6.45) is 0.985. The maximum absolute atomic E-state index is 6.02. The number of fused-ring (bicyclic) bond motifs is 1. The molecule has 0 bridgehead atoms. The van der Waals surface area contributed by atoms with E-state index in [1.165, 1.54) is 5.52 Å². The van der Waals surface area contributed by atoms with Crippen molar-refractivity contribution in [3.63, 3.8) is 0 Å². The van der Waals surface area contributed by atoms with Crippen LogP contribution in [0.25, 0.3) is 11.0 Å². The summed E-state index contributed by atoms with van der Waals surface area (Å²) in [7, 11) is 1.78. The highest BCUT2D eigenvalue weighted by atomic mass is 127. The number of aryl methyl sites for hydroxylation is 2. The van der Waals surface area contributed by atoms with Gasteiger partial charge in [-0.15, -0.1) is 24.0 Å². The third-order valence-corrected chi connectivity index (χ3v) is 4.50. The molecule has 0 saturated carbocycles. The summed E-state index contributed by atoms with van der Waals surface area (Å²) in [6, 6.07) is 16.1. The molecule has 27 heavy (non-hydrogen) atoms.